The summed E-state index contributed by atoms with van der Waals surface area (Å²) in [5.74, 6) is -6.37. The molecule has 3 aliphatic carbocycles. The van der Waals surface area contributed by atoms with Crippen LogP contribution >= 0.6 is 0 Å². The molecule has 7 N–H and O–H groups in total. The number of hydrogen-bond acceptors (Lipinski definition) is 9. The van der Waals surface area contributed by atoms with E-state index in [0.717, 1.165) is 11.4 Å². The third-order valence-electron chi connectivity index (χ3n) is 7.86. The molecule has 0 saturated heterocycles. The molecule has 2 aromatic rings. The number of rotatable bonds is 5. The Labute approximate surface area is 232 Å². The number of Topliss-reactive ketones (excluding diaryl/α,β-unsaturated/α-hetero) is 2. The summed E-state index contributed by atoms with van der Waals surface area (Å²) in [6, 6.07) is 11.2. The van der Waals surface area contributed by atoms with Crippen LogP contribution in [0.2, 0.25) is 0 Å². The Kier molecular flexibility index (Phi) is 7.67. The summed E-state index contributed by atoms with van der Waals surface area (Å²) in [4.78, 5) is 39.9. The fourth-order valence-corrected chi connectivity index (χ4v) is 6.01. The van der Waals surface area contributed by atoms with Crippen LogP contribution < -0.4 is 16.0 Å². The number of aliphatic hydroxyl groups is 3. The van der Waals surface area contributed by atoms with Gasteiger partial charge >= 0.3 is 0 Å². The van der Waals surface area contributed by atoms with Crippen LogP contribution in [0.15, 0.2) is 53.3 Å². The van der Waals surface area contributed by atoms with Gasteiger partial charge in [0.25, 0.3) is 5.91 Å². The molecule has 0 radical (unpaired) electrons. The highest BCUT2D eigenvalue weighted by atomic mass is 16.3. The average molecular weight is 550 g/mol. The van der Waals surface area contributed by atoms with E-state index < -0.39 is 52.0 Å². The first kappa shape index (κ1) is 28.7. The number of phenols is 1. The van der Waals surface area contributed by atoms with E-state index in [9.17, 15) is 34.8 Å². The number of hydrogen-bond donors (Lipinski definition) is 6. The third-order valence-corrected chi connectivity index (χ3v) is 7.86. The number of nitrogens with zero attached hydrogens (tertiary/aromatic N) is 1. The number of aromatic hydroxyl groups is 1. The maximum atomic E-state index is 13.7. The van der Waals surface area contributed by atoms with Crippen molar-refractivity contribution in [3.63, 3.8) is 0 Å². The molecule has 0 aromatic heterocycles. The highest BCUT2D eigenvalue weighted by Gasteiger charge is 2.60. The Hall–Kier alpha value is -4.31. The molecule has 0 heterocycles. The number of para-hydroxylation sites is 1. The summed E-state index contributed by atoms with van der Waals surface area (Å²) in [5, 5.41) is 48.1. The van der Waals surface area contributed by atoms with Crippen molar-refractivity contribution in [3.05, 3.63) is 70.0 Å². The van der Waals surface area contributed by atoms with Gasteiger partial charge in [-0.25, -0.2) is 0 Å². The van der Waals surface area contributed by atoms with Gasteiger partial charge < -0.3 is 36.4 Å². The number of amides is 1. The first-order chi connectivity index (χ1) is 19.0. The minimum atomic E-state index is -2.58. The first-order valence-electron chi connectivity index (χ1n) is 13.3. The minimum Gasteiger partial charge on any atom is -0.508 e. The number of carbonyl (C=O) groups excluding carboxylic acids is 3. The number of fused-ring (bicyclic) bond motifs is 3. The van der Waals surface area contributed by atoms with Gasteiger partial charge in [-0.2, -0.15) is 0 Å². The second kappa shape index (κ2) is 10.7. The summed E-state index contributed by atoms with van der Waals surface area (Å²) in [5.41, 5.74) is 4.44. The molecule has 1 fully saturated rings. The van der Waals surface area contributed by atoms with E-state index >= 15 is 0 Å². The average Bonchev–Trinajstić information content (AvgIpc) is 2.91. The topological polar surface area (TPSA) is 173 Å². The predicted molar refractivity (Wildman–Crippen MR) is 151 cm³/mol. The van der Waals surface area contributed by atoms with Crippen LogP contribution in [0.1, 0.15) is 43.4 Å². The van der Waals surface area contributed by atoms with Gasteiger partial charge in [-0.3, -0.25) is 14.4 Å². The highest BCUT2D eigenvalue weighted by Crippen LogP contribution is 2.53. The standard InChI is InChI=1S/C28H29N3O7.C2H6/c1-31(2)18-10-14(12-30-16-6-4-3-5-7-16)23(33)21-17(18)9-13-8-15-11-19(32)22(27(29)37)26(36)28(15,38)25(35)20(13)24(21)34;1-2/h3-7,10,13,15,30,33-34,36,38H,8-9,11-12H2,1-2H3,(H2,29,37);1-2H3/t13?,15-,28-;/m0./s1. The van der Waals surface area contributed by atoms with Crippen molar-refractivity contribution in [3.8, 4) is 5.75 Å². The number of nitrogens with two attached hydrogens (primary N) is 1. The molecule has 5 rings (SSSR count). The van der Waals surface area contributed by atoms with Crippen LogP contribution in [0.25, 0.3) is 5.76 Å². The van der Waals surface area contributed by atoms with Gasteiger partial charge in [0.1, 0.15) is 22.8 Å². The summed E-state index contributed by atoms with van der Waals surface area (Å²) < 4.78 is 0. The number of benzene rings is 2. The summed E-state index contributed by atoms with van der Waals surface area (Å²) >= 11 is 0. The molecule has 10 heteroatoms. The van der Waals surface area contributed by atoms with Gasteiger partial charge in [-0.1, -0.05) is 32.0 Å². The Morgan fingerprint density at radius 2 is 1.75 bits per heavy atom. The summed E-state index contributed by atoms with van der Waals surface area (Å²) in [6.45, 7) is 4.23. The van der Waals surface area contributed by atoms with Crippen LogP contribution in [-0.2, 0) is 27.3 Å². The lowest BCUT2D eigenvalue weighted by Crippen LogP contribution is -2.58. The first-order valence-corrected chi connectivity index (χ1v) is 13.3. The predicted octanol–water partition coefficient (Wildman–Crippen LogP) is 3.13. The molecule has 0 bridgehead atoms. The molecule has 1 unspecified atom stereocenters. The maximum Gasteiger partial charge on any atom is 0.255 e. The van der Waals surface area contributed by atoms with Gasteiger partial charge in [0.05, 0.1) is 5.56 Å². The van der Waals surface area contributed by atoms with Crippen molar-refractivity contribution >= 4 is 34.6 Å². The fraction of sp³-hybridized carbons (Fsp3) is 0.367. The third kappa shape index (κ3) is 4.38. The van der Waals surface area contributed by atoms with Crippen LogP contribution in [0.4, 0.5) is 11.4 Å². The van der Waals surface area contributed by atoms with E-state index in [4.69, 9.17) is 5.73 Å². The zero-order chi connectivity index (χ0) is 29.5. The zero-order valence-electron chi connectivity index (χ0n) is 23.0. The molecule has 1 amide bonds. The van der Waals surface area contributed by atoms with Crippen LogP contribution in [0.5, 0.6) is 5.75 Å². The van der Waals surface area contributed by atoms with E-state index in [2.05, 4.69) is 5.32 Å². The molecule has 40 heavy (non-hydrogen) atoms. The van der Waals surface area contributed by atoms with E-state index in [-0.39, 0.29) is 42.7 Å². The Morgan fingerprint density at radius 3 is 2.35 bits per heavy atom. The van der Waals surface area contributed by atoms with E-state index in [1.807, 2.05) is 69.2 Å². The lowest BCUT2D eigenvalue weighted by molar-refractivity contribution is -0.147. The second-order valence-electron chi connectivity index (χ2n) is 10.3. The van der Waals surface area contributed by atoms with Crippen molar-refractivity contribution in [1.82, 2.24) is 0 Å². The number of nitrogens with one attached hydrogen (secondary N) is 1. The minimum absolute atomic E-state index is 0.0770. The Bertz CT molecular complexity index is 1440. The second-order valence-corrected chi connectivity index (χ2v) is 10.3. The number of ketones is 2. The molecule has 3 aliphatic rings. The largest absolute Gasteiger partial charge is 0.508 e. The monoisotopic (exact) mass is 549 g/mol. The van der Waals surface area contributed by atoms with Crippen molar-refractivity contribution in [1.29, 1.82) is 0 Å². The highest BCUT2D eigenvalue weighted by molar-refractivity contribution is 6.22. The van der Waals surface area contributed by atoms with Crippen molar-refractivity contribution in [2.24, 2.45) is 17.6 Å². The van der Waals surface area contributed by atoms with E-state index in [1.165, 1.54) is 0 Å². The fourth-order valence-electron chi connectivity index (χ4n) is 6.01. The summed E-state index contributed by atoms with van der Waals surface area (Å²) in [6.07, 6.45) is -0.00638. The molecular formula is C30H35N3O7. The molecule has 1 saturated carbocycles. The molecule has 0 aliphatic heterocycles. The number of phenolic OH excluding ortho intramolecular Hbond substituents is 1. The van der Waals surface area contributed by atoms with E-state index in [0.29, 0.717) is 11.1 Å². The SMILES string of the molecule is CC.CN(C)c1cc(CNc2ccccc2)c(O)c2c1CC1C[C@H]3CC(=O)C(C(N)=O)=C(O)[C@@]3(O)C(=O)C1=C2O. The molecule has 3 atom stereocenters. The van der Waals surface area contributed by atoms with Gasteiger partial charge in [0.15, 0.2) is 11.4 Å². The van der Waals surface area contributed by atoms with Gasteiger partial charge in [-0.05, 0) is 42.5 Å². The Balaban J connectivity index is 0.00000181. The molecule has 0 spiro atoms. The Morgan fingerprint density at radius 1 is 1.10 bits per heavy atom. The molecular weight excluding hydrogens is 514 g/mol. The number of anilines is 2. The lowest BCUT2D eigenvalue weighted by atomic mass is 9.59. The number of primary amides is 1. The van der Waals surface area contributed by atoms with Gasteiger partial charge in [0, 0.05) is 55.5 Å². The van der Waals surface area contributed by atoms with Crippen LogP contribution in [-0.4, -0.2) is 57.6 Å². The van der Waals surface area contributed by atoms with Gasteiger partial charge in [-0.15, -0.1) is 0 Å². The zero-order valence-corrected chi connectivity index (χ0v) is 23.0. The summed E-state index contributed by atoms with van der Waals surface area (Å²) in [7, 11) is 3.66. The number of aliphatic hydroxyl groups excluding tert-OH is 2. The lowest BCUT2D eigenvalue weighted by Gasteiger charge is -2.46. The molecule has 2 aromatic carbocycles. The molecule has 10 nitrogen and oxygen atoms in total. The smallest absolute Gasteiger partial charge is 0.255 e. The van der Waals surface area contributed by atoms with Gasteiger partial charge in [0.2, 0.25) is 5.78 Å². The quantitative estimate of drug-likeness (QED) is 0.306. The molecule has 212 valence electrons. The van der Waals surface area contributed by atoms with Crippen molar-refractivity contribution < 1.29 is 34.8 Å². The van der Waals surface area contributed by atoms with E-state index in [1.54, 1.807) is 0 Å². The number of carbonyl (C=O) groups is 3. The van der Waals surface area contributed by atoms with Crippen LogP contribution in [0, 0.1) is 11.8 Å². The van der Waals surface area contributed by atoms with Crippen molar-refractivity contribution in [2.75, 3.05) is 24.3 Å². The maximum absolute atomic E-state index is 13.7. The van der Waals surface area contributed by atoms with Crippen LogP contribution in [0.3, 0.4) is 0 Å². The van der Waals surface area contributed by atoms with Crippen molar-refractivity contribution in [2.45, 2.75) is 45.3 Å². The normalized spacial score (nSPS) is 23.4.